The number of halogens is 1. The number of carbonyl (C=O) groups excluding carboxylic acids is 1. The minimum absolute atomic E-state index is 0.0260. The fourth-order valence-electron chi connectivity index (χ4n) is 3.90. The van der Waals surface area contributed by atoms with E-state index in [4.69, 9.17) is 16.0 Å². The van der Waals surface area contributed by atoms with E-state index in [1.165, 1.54) is 16.6 Å². The predicted octanol–water partition coefficient (Wildman–Crippen LogP) is 4.74. The molecule has 1 aromatic carbocycles. The number of hydrogen-bond donors (Lipinski definition) is 1. The number of rotatable bonds is 3. The van der Waals surface area contributed by atoms with Gasteiger partial charge in [0.15, 0.2) is 5.76 Å². The Balaban J connectivity index is 1.65. The van der Waals surface area contributed by atoms with Gasteiger partial charge in [0.05, 0.1) is 0 Å². The number of fused-ring (bicyclic) bond motifs is 3. The Kier molecular flexibility index (Phi) is 4.08. The average Bonchev–Trinajstić information content (AvgIpc) is 3.19. The highest BCUT2D eigenvalue weighted by Crippen LogP contribution is 2.33. The van der Waals surface area contributed by atoms with Crippen molar-refractivity contribution >= 4 is 28.4 Å². The fraction of sp³-hybridized carbons (Fsp3) is 0.350. The fourth-order valence-corrected chi connectivity index (χ4v) is 4.07. The largest absolute Gasteiger partial charge is 0.456 e. The number of aryl methyl sites for hydroxylation is 2. The van der Waals surface area contributed by atoms with Gasteiger partial charge in [0.25, 0.3) is 5.91 Å². The number of benzene rings is 1. The molecule has 2 aromatic heterocycles. The molecule has 25 heavy (non-hydrogen) atoms. The Morgan fingerprint density at radius 3 is 2.92 bits per heavy atom. The van der Waals surface area contributed by atoms with Crippen molar-refractivity contribution in [1.29, 1.82) is 0 Å². The van der Waals surface area contributed by atoms with E-state index in [9.17, 15) is 4.79 Å². The van der Waals surface area contributed by atoms with Crippen molar-refractivity contribution in [2.45, 2.75) is 39.2 Å². The molecule has 0 bridgehead atoms. The van der Waals surface area contributed by atoms with E-state index in [0.29, 0.717) is 12.3 Å². The average molecular weight is 357 g/mol. The lowest BCUT2D eigenvalue weighted by molar-refractivity contribution is 0.0640. The van der Waals surface area contributed by atoms with Gasteiger partial charge in [-0.3, -0.25) is 4.79 Å². The molecule has 0 fully saturated rings. The van der Waals surface area contributed by atoms with Crippen molar-refractivity contribution in [3.63, 3.8) is 0 Å². The molecule has 0 radical (unpaired) electrons. The maximum absolute atomic E-state index is 12.9. The minimum atomic E-state index is -0.0260. The summed E-state index contributed by atoms with van der Waals surface area (Å²) in [6, 6.07) is 9.72. The van der Waals surface area contributed by atoms with Crippen LogP contribution in [-0.4, -0.2) is 28.4 Å². The quantitative estimate of drug-likeness (QED) is 0.736. The molecule has 3 aromatic rings. The Bertz CT molecular complexity index is 940. The first-order valence-corrected chi connectivity index (χ1v) is 9.11. The highest BCUT2D eigenvalue weighted by atomic mass is 35.5. The van der Waals surface area contributed by atoms with Crippen LogP contribution >= 0.6 is 11.6 Å². The zero-order chi connectivity index (χ0) is 17.6. The van der Waals surface area contributed by atoms with Crippen LogP contribution in [0.25, 0.3) is 10.9 Å². The van der Waals surface area contributed by atoms with Crippen LogP contribution in [0, 0.1) is 6.92 Å². The molecule has 130 valence electrons. The predicted molar refractivity (Wildman–Crippen MR) is 99.3 cm³/mol. The molecule has 2 heterocycles. The standard InChI is InChI=1S/C20H21ClN2O2/c1-3-23(20(24)19-9-4-12(2)25-19)14-6-8-18-16(11-14)15-10-13(21)5-7-17(15)22-18/h4-5,7,9-10,14,22H,3,6,8,11H2,1-2H3. The van der Waals surface area contributed by atoms with E-state index in [0.717, 1.165) is 35.6 Å². The second-order valence-electron chi connectivity index (χ2n) is 6.67. The molecule has 1 amide bonds. The Labute approximate surface area is 151 Å². The van der Waals surface area contributed by atoms with Gasteiger partial charge < -0.3 is 14.3 Å². The van der Waals surface area contributed by atoms with Gasteiger partial charge >= 0.3 is 0 Å². The summed E-state index contributed by atoms with van der Waals surface area (Å²) in [5, 5.41) is 1.91. The lowest BCUT2D eigenvalue weighted by atomic mass is 9.90. The van der Waals surface area contributed by atoms with Crippen LogP contribution in [0.5, 0.6) is 0 Å². The van der Waals surface area contributed by atoms with Gasteiger partial charge in [-0.25, -0.2) is 0 Å². The second-order valence-corrected chi connectivity index (χ2v) is 7.11. The molecule has 1 aliphatic carbocycles. The van der Waals surface area contributed by atoms with E-state index in [2.05, 4.69) is 4.98 Å². The van der Waals surface area contributed by atoms with Gasteiger partial charge in [-0.05, 0) is 69.0 Å². The van der Waals surface area contributed by atoms with Crippen molar-refractivity contribution in [2.24, 2.45) is 0 Å². The van der Waals surface area contributed by atoms with Gasteiger partial charge in [-0.15, -0.1) is 0 Å². The van der Waals surface area contributed by atoms with Crippen LogP contribution in [0.1, 0.15) is 40.9 Å². The summed E-state index contributed by atoms with van der Waals surface area (Å²) in [5.74, 6) is 1.16. The van der Waals surface area contributed by atoms with Gasteiger partial charge in [0, 0.05) is 34.2 Å². The highest BCUT2D eigenvalue weighted by molar-refractivity contribution is 6.31. The maximum atomic E-state index is 12.9. The molecule has 4 nitrogen and oxygen atoms in total. The molecule has 4 rings (SSSR count). The lowest BCUT2D eigenvalue weighted by Crippen LogP contribution is -2.43. The number of hydrogen-bond acceptors (Lipinski definition) is 2. The SMILES string of the molecule is CCN(C(=O)c1ccc(C)o1)C1CCc2[nH]c3ccc(Cl)cc3c2C1. The van der Waals surface area contributed by atoms with Crippen LogP contribution < -0.4 is 0 Å². The van der Waals surface area contributed by atoms with E-state index in [-0.39, 0.29) is 11.9 Å². The van der Waals surface area contributed by atoms with Crippen molar-refractivity contribution in [1.82, 2.24) is 9.88 Å². The number of likely N-dealkylation sites (N-methyl/N-ethyl adjacent to an activating group) is 1. The summed E-state index contributed by atoms with van der Waals surface area (Å²) in [5.41, 5.74) is 3.67. The first kappa shape index (κ1) is 16.3. The third-order valence-corrected chi connectivity index (χ3v) is 5.35. The molecule has 1 unspecified atom stereocenters. The zero-order valence-corrected chi connectivity index (χ0v) is 15.2. The van der Waals surface area contributed by atoms with Crippen LogP contribution in [0.4, 0.5) is 0 Å². The maximum Gasteiger partial charge on any atom is 0.289 e. The third kappa shape index (κ3) is 2.85. The van der Waals surface area contributed by atoms with Crippen LogP contribution in [0.15, 0.2) is 34.7 Å². The summed E-state index contributed by atoms with van der Waals surface area (Å²) in [7, 11) is 0. The molecule has 0 saturated carbocycles. The van der Waals surface area contributed by atoms with E-state index < -0.39 is 0 Å². The Morgan fingerprint density at radius 2 is 2.20 bits per heavy atom. The third-order valence-electron chi connectivity index (χ3n) is 5.12. The molecule has 0 saturated heterocycles. The summed E-state index contributed by atoms with van der Waals surface area (Å²) in [4.78, 5) is 18.3. The first-order valence-electron chi connectivity index (χ1n) is 8.73. The molecule has 1 aliphatic rings. The van der Waals surface area contributed by atoms with Crippen LogP contribution in [-0.2, 0) is 12.8 Å². The van der Waals surface area contributed by atoms with Crippen LogP contribution in [0.3, 0.4) is 0 Å². The monoisotopic (exact) mass is 356 g/mol. The topological polar surface area (TPSA) is 49.2 Å². The summed E-state index contributed by atoms with van der Waals surface area (Å²) < 4.78 is 5.54. The summed E-state index contributed by atoms with van der Waals surface area (Å²) in [6.07, 6.45) is 2.73. The molecular formula is C20H21ClN2O2. The zero-order valence-electron chi connectivity index (χ0n) is 14.4. The van der Waals surface area contributed by atoms with Crippen molar-refractivity contribution in [2.75, 3.05) is 6.54 Å². The highest BCUT2D eigenvalue weighted by Gasteiger charge is 2.30. The number of carbonyl (C=O) groups is 1. The smallest absolute Gasteiger partial charge is 0.289 e. The van der Waals surface area contributed by atoms with Crippen molar-refractivity contribution in [3.8, 4) is 0 Å². The van der Waals surface area contributed by atoms with Gasteiger partial charge in [0.1, 0.15) is 5.76 Å². The number of aromatic nitrogens is 1. The minimum Gasteiger partial charge on any atom is -0.456 e. The van der Waals surface area contributed by atoms with E-state index >= 15 is 0 Å². The van der Waals surface area contributed by atoms with Gasteiger partial charge in [-0.2, -0.15) is 0 Å². The summed E-state index contributed by atoms with van der Waals surface area (Å²) in [6.45, 7) is 4.55. The molecular weight excluding hydrogens is 336 g/mol. The number of aromatic amines is 1. The van der Waals surface area contributed by atoms with Gasteiger partial charge in [-0.1, -0.05) is 11.6 Å². The number of nitrogens with zero attached hydrogens (tertiary/aromatic N) is 1. The normalized spacial score (nSPS) is 16.8. The van der Waals surface area contributed by atoms with Crippen molar-refractivity contribution in [3.05, 3.63) is 58.1 Å². The first-order chi connectivity index (χ1) is 12.1. The van der Waals surface area contributed by atoms with Crippen LogP contribution in [0.2, 0.25) is 5.02 Å². The molecule has 0 spiro atoms. The van der Waals surface area contributed by atoms with E-state index in [1.807, 2.05) is 43.0 Å². The Morgan fingerprint density at radius 1 is 1.36 bits per heavy atom. The number of furan rings is 1. The molecule has 1 N–H and O–H groups in total. The Hall–Kier alpha value is -2.20. The second kappa shape index (κ2) is 6.26. The van der Waals surface area contributed by atoms with Crippen molar-refractivity contribution < 1.29 is 9.21 Å². The lowest BCUT2D eigenvalue weighted by Gasteiger charge is -2.33. The summed E-state index contributed by atoms with van der Waals surface area (Å²) >= 11 is 6.19. The van der Waals surface area contributed by atoms with Gasteiger partial charge in [0.2, 0.25) is 0 Å². The number of amides is 1. The number of H-pyrrole nitrogens is 1. The van der Waals surface area contributed by atoms with E-state index in [1.54, 1.807) is 6.07 Å². The number of nitrogens with one attached hydrogen (secondary N) is 1. The molecule has 5 heteroatoms. The molecule has 0 aliphatic heterocycles. The molecule has 1 atom stereocenters.